The van der Waals surface area contributed by atoms with Gasteiger partial charge in [0.25, 0.3) is 0 Å². The quantitative estimate of drug-likeness (QED) is 0.866. The summed E-state index contributed by atoms with van der Waals surface area (Å²) in [7, 11) is 0. The van der Waals surface area contributed by atoms with Crippen LogP contribution in [0.25, 0.3) is 0 Å². The fourth-order valence-corrected chi connectivity index (χ4v) is 2.93. The molecule has 1 aliphatic rings. The Morgan fingerprint density at radius 3 is 2.12 bits per heavy atom. The van der Waals surface area contributed by atoms with Gasteiger partial charge in [0.15, 0.2) is 5.78 Å². The molecule has 0 aromatic heterocycles. The first-order valence-corrected chi connectivity index (χ1v) is 8.04. The smallest absolute Gasteiger partial charge is 0.410 e. The number of likely N-dealkylation sites (tertiary alicyclic amines) is 1. The Morgan fingerprint density at radius 1 is 1.08 bits per heavy atom. The summed E-state index contributed by atoms with van der Waals surface area (Å²) < 4.78 is 5.03. The number of para-hydroxylation sites is 2. The van der Waals surface area contributed by atoms with Gasteiger partial charge in [-0.25, -0.2) is 4.79 Å². The van der Waals surface area contributed by atoms with Gasteiger partial charge in [-0.2, -0.15) is 0 Å². The lowest BCUT2D eigenvalue weighted by Crippen LogP contribution is -2.38. The standard InChI is InChI=1S/C19H20N2O3/c1-2-24-19(23)20-13-17(18(22)14-20)21(15-9-5-3-6-10-15)16-11-7-4-8-12-16/h3-12,17H,2,13-14H2,1H3. The zero-order chi connectivity index (χ0) is 16.9. The molecule has 0 bridgehead atoms. The molecule has 5 heteroatoms. The fourth-order valence-electron chi connectivity index (χ4n) is 2.93. The van der Waals surface area contributed by atoms with Crippen molar-refractivity contribution in [2.45, 2.75) is 13.0 Å². The Labute approximate surface area is 141 Å². The second-order valence-electron chi connectivity index (χ2n) is 5.60. The van der Waals surface area contributed by atoms with Crippen LogP contribution in [0, 0.1) is 0 Å². The Morgan fingerprint density at radius 2 is 1.62 bits per heavy atom. The minimum absolute atomic E-state index is 0.00996. The molecule has 1 heterocycles. The van der Waals surface area contributed by atoms with Crippen LogP contribution >= 0.6 is 0 Å². The number of anilines is 2. The van der Waals surface area contributed by atoms with Crippen molar-refractivity contribution in [1.29, 1.82) is 0 Å². The molecule has 1 amide bonds. The van der Waals surface area contributed by atoms with Gasteiger partial charge in [0.05, 0.1) is 19.7 Å². The summed E-state index contributed by atoms with van der Waals surface area (Å²) in [5, 5.41) is 0. The second-order valence-corrected chi connectivity index (χ2v) is 5.60. The maximum Gasteiger partial charge on any atom is 0.410 e. The number of benzene rings is 2. The summed E-state index contributed by atoms with van der Waals surface area (Å²) in [5.74, 6) is 0.00996. The van der Waals surface area contributed by atoms with Crippen LogP contribution in [0.5, 0.6) is 0 Å². The minimum Gasteiger partial charge on any atom is -0.450 e. The van der Waals surface area contributed by atoms with Crippen LogP contribution in [0.15, 0.2) is 60.7 Å². The number of hydrogen-bond acceptors (Lipinski definition) is 4. The summed E-state index contributed by atoms with van der Waals surface area (Å²) in [6, 6.07) is 19.1. The minimum atomic E-state index is -0.436. The van der Waals surface area contributed by atoms with Crippen molar-refractivity contribution in [3.05, 3.63) is 60.7 Å². The highest BCUT2D eigenvalue weighted by Crippen LogP contribution is 2.30. The summed E-state index contributed by atoms with van der Waals surface area (Å²) in [6.45, 7) is 2.46. The Balaban J connectivity index is 1.92. The molecule has 124 valence electrons. The van der Waals surface area contributed by atoms with E-state index in [0.717, 1.165) is 11.4 Å². The number of amides is 1. The highest BCUT2D eigenvalue weighted by molar-refractivity contribution is 5.96. The summed E-state index contributed by atoms with van der Waals surface area (Å²) in [4.78, 5) is 28.0. The molecule has 24 heavy (non-hydrogen) atoms. The summed E-state index contributed by atoms with van der Waals surface area (Å²) in [6.07, 6.45) is -0.436. The van der Waals surface area contributed by atoms with E-state index in [1.165, 1.54) is 4.90 Å². The van der Waals surface area contributed by atoms with E-state index in [1.807, 2.05) is 65.6 Å². The zero-order valence-electron chi connectivity index (χ0n) is 13.6. The van der Waals surface area contributed by atoms with Crippen molar-refractivity contribution in [2.24, 2.45) is 0 Å². The van der Waals surface area contributed by atoms with Crippen molar-refractivity contribution in [3.8, 4) is 0 Å². The van der Waals surface area contributed by atoms with E-state index in [2.05, 4.69) is 0 Å². The molecular formula is C19H20N2O3. The van der Waals surface area contributed by atoms with Gasteiger partial charge < -0.3 is 9.64 Å². The van der Waals surface area contributed by atoms with Crippen LogP contribution in [0.2, 0.25) is 0 Å². The van der Waals surface area contributed by atoms with Gasteiger partial charge in [-0.05, 0) is 31.2 Å². The first-order valence-electron chi connectivity index (χ1n) is 8.04. The van der Waals surface area contributed by atoms with Crippen LogP contribution in [0.4, 0.5) is 16.2 Å². The van der Waals surface area contributed by atoms with Gasteiger partial charge in [0, 0.05) is 11.4 Å². The predicted octanol–water partition coefficient (Wildman–Crippen LogP) is 3.23. The number of ether oxygens (including phenoxy) is 1. The molecule has 0 N–H and O–H groups in total. The summed E-state index contributed by atoms with van der Waals surface area (Å²) >= 11 is 0. The average molecular weight is 324 g/mol. The Bertz CT molecular complexity index is 664. The zero-order valence-corrected chi connectivity index (χ0v) is 13.6. The van der Waals surface area contributed by atoms with Crippen LogP contribution in [-0.4, -0.2) is 42.5 Å². The lowest BCUT2D eigenvalue weighted by atomic mass is 10.1. The van der Waals surface area contributed by atoms with Crippen molar-refractivity contribution < 1.29 is 14.3 Å². The van der Waals surface area contributed by atoms with E-state index >= 15 is 0 Å². The number of nitrogens with zero attached hydrogens (tertiary/aromatic N) is 2. The highest BCUT2D eigenvalue weighted by Gasteiger charge is 2.38. The number of Topliss-reactive ketones (excluding diaryl/α,β-unsaturated/α-hetero) is 1. The number of carbonyl (C=O) groups excluding carboxylic acids is 2. The first kappa shape index (κ1) is 16.1. The fraction of sp³-hybridized carbons (Fsp3) is 0.263. The maximum absolute atomic E-state index is 12.6. The SMILES string of the molecule is CCOC(=O)N1CC(=O)C(N(c2ccccc2)c2ccccc2)C1. The predicted molar refractivity (Wildman–Crippen MR) is 92.4 cm³/mol. The number of rotatable bonds is 4. The van der Waals surface area contributed by atoms with Crippen LogP contribution in [0.3, 0.4) is 0 Å². The molecular weight excluding hydrogens is 304 g/mol. The van der Waals surface area contributed by atoms with Crippen molar-refractivity contribution >= 4 is 23.3 Å². The molecule has 1 saturated heterocycles. The number of carbonyl (C=O) groups is 2. The normalized spacial score (nSPS) is 17.0. The summed E-state index contributed by atoms with van der Waals surface area (Å²) in [5.41, 5.74) is 1.85. The lowest BCUT2D eigenvalue weighted by Gasteiger charge is -2.30. The molecule has 2 aromatic carbocycles. The monoisotopic (exact) mass is 324 g/mol. The van der Waals surface area contributed by atoms with E-state index < -0.39 is 12.1 Å². The Kier molecular flexibility index (Phi) is 4.79. The molecule has 2 aromatic rings. The third-order valence-electron chi connectivity index (χ3n) is 4.02. The molecule has 1 aliphatic heterocycles. The first-order chi connectivity index (χ1) is 11.7. The van der Waals surface area contributed by atoms with Crippen molar-refractivity contribution in [3.63, 3.8) is 0 Å². The Hall–Kier alpha value is -2.82. The number of hydrogen-bond donors (Lipinski definition) is 0. The third kappa shape index (κ3) is 3.25. The molecule has 5 nitrogen and oxygen atoms in total. The van der Waals surface area contributed by atoms with Gasteiger partial charge in [0.2, 0.25) is 0 Å². The van der Waals surface area contributed by atoms with E-state index in [0.29, 0.717) is 13.2 Å². The molecule has 1 fully saturated rings. The van der Waals surface area contributed by atoms with Crippen LogP contribution in [-0.2, 0) is 9.53 Å². The lowest BCUT2D eigenvalue weighted by molar-refractivity contribution is -0.117. The van der Waals surface area contributed by atoms with Crippen molar-refractivity contribution in [1.82, 2.24) is 4.90 Å². The van der Waals surface area contributed by atoms with E-state index in [9.17, 15) is 9.59 Å². The van der Waals surface area contributed by atoms with Crippen LogP contribution in [0.1, 0.15) is 6.92 Å². The molecule has 0 aliphatic carbocycles. The molecule has 1 atom stereocenters. The molecule has 1 unspecified atom stereocenters. The van der Waals surface area contributed by atoms with Gasteiger partial charge in [-0.15, -0.1) is 0 Å². The highest BCUT2D eigenvalue weighted by atomic mass is 16.6. The molecule has 0 spiro atoms. The van der Waals surface area contributed by atoms with Gasteiger partial charge in [-0.1, -0.05) is 36.4 Å². The second kappa shape index (κ2) is 7.17. The van der Waals surface area contributed by atoms with E-state index in [4.69, 9.17) is 4.74 Å². The average Bonchev–Trinajstić information content (AvgIpc) is 2.99. The molecule has 0 saturated carbocycles. The molecule has 3 rings (SSSR count). The largest absolute Gasteiger partial charge is 0.450 e. The van der Waals surface area contributed by atoms with Crippen molar-refractivity contribution in [2.75, 3.05) is 24.6 Å². The maximum atomic E-state index is 12.6. The molecule has 0 radical (unpaired) electrons. The van der Waals surface area contributed by atoms with Gasteiger partial charge >= 0.3 is 6.09 Å². The van der Waals surface area contributed by atoms with Gasteiger partial charge in [-0.3, -0.25) is 9.69 Å². The van der Waals surface area contributed by atoms with Crippen LogP contribution < -0.4 is 4.90 Å². The third-order valence-corrected chi connectivity index (χ3v) is 4.02. The number of ketones is 1. The topological polar surface area (TPSA) is 49.9 Å². The van der Waals surface area contributed by atoms with Gasteiger partial charge in [0.1, 0.15) is 6.04 Å². The van der Waals surface area contributed by atoms with E-state index in [-0.39, 0.29) is 12.3 Å². The van der Waals surface area contributed by atoms with E-state index in [1.54, 1.807) is 6.92 Å².